The highest BCUT2D eigenvalue weighted by molar-refractivity contribution is 6.30. The Balaban J connectivity index is 2.14. The van der Waals surface area contributed by atoms with E-state index in [9.17, 15) is 27.5 Å². The molecule has 0 spiro atoms. The molecule has 0 aliphatic heterocycles. The summed E-state index contributed by atoms with van der Waals surface area (Å²) < 4.78 is 53.6. The van der Waals surface area contributed by atoms with E-state index in [1.807, 2.05) is 0 Å². The van der Waals surface area contributed by atoms with Gasteiger partial charge in [-0.25, -0.2) is 9.18 Å². The van der Waals surface area contributed by atoms with Gasteiger partial charge in [-0.3, -0.25) is 4.68 Å². The van der Waals surface area contributed by atoms with Crippen LogP contribution < -0.4 is 0 Å². The monoisotopic (exact) mass is 372 g/mol. The van der Waals surface area contributed by atoms with Gasteiger partial charge in [-0.15, -0.1) is 0 Å². The van der Waals surface area contributed by atoms with Crippen molar-refractivity contribution in [3.8, 4) is 0 Å². The molecule has 0 bridgehead atoms. The van der Waals surface area contributed by atoms with Crippen LogP contribution in [0, 0.1) is 5.82 Å². The summed E-state index contributed by atoms with van der Waals surface area (Å²) in [6.45, 7) is -0.155. The number of benzene rings is 2. The zero-order chi connectivity index (χ0) is 18.4. The van der Waals surface area contributed by atoms with Crippen molar-refractivity contribution in [1.82, 2.24) is 9.78 Å². The molecular weight excluding hydrogens is 364 g/mol. The molecule has 9 heteroatoms. The third-order valence-electron chi connectivity index (χ3n) is 3.62. The second-order valence-electron chi connectivity index (χ2n) is 5.28. The summed E-state index contributed by atoms with van der Waals surface area (Å²) in [4.78, 5) is 11.3. The van der Waals surface area contributed by atoms with Gasteiger partial charge in [-0.2, -0.15) is 18.3 Å². The number of carboxylic acid groups (broad SMARTS) is 1. The Bertz CT molecular complexity index is 982. The molecule has 0 amide bonds. The Morgan fingerprint density at radius 3 is 2.52 bits per heavy atom. The summed E-state index contributed by atoms with van der Waals surface area (Å²) >= 11 is 5.67. The van der Waals surface area contributed by atoms with Gasteiger partial charge in [0.25, 0.3) is 0 Å². The zero-order valence-electron chi connectivity index (χ0n) is 12.3. The van der Waals surface area contributed by atoms with Gasteiger partial charge in [0.2, 0.25) is 0 Å². The highest BCUT2D eigenvalue weighted by atomic mass is 35.5. The number of nitrogens with zero attached hydrogens (tertiary/aromatic N) is 2. The third kappa shape index (κ3) is 3.30. The molecule has 1 N–H and O–H groups in total. The van der Waals surface area contributed by atoms with E-state index in [1.54, 1.807) is 0 Å². The van der Waals surface area contributed by atoms with Crippen LogP contribution in [0.4, 0.5) is 17.6 Å². The molecular formula is C16H9ClF4N2O2. The minimum absolute atomic E-state index is 0.153. The molecule has 3 aromatic rings. The Morgan fingerprint density at radius 1 is 1.20 bits per heavy atom. The average Bonchev–Trinajstić information content (AvgIpc) is 2.87. The highest BCUT2D eigenvalue weighted by Gasteiger charge is 2.31. The van der Waals surface area contributed by atoms with Crippen LogP contribution in [-0.4, -0.2) is 20.9 Å². The summed E-state index contributed by atoms with van der Waals surface area (Å²) in [5.74, 6) is -2.10. The van der Waals surface area contributed by atoms with Crippen molar-refractivity contribution in [2.24, 2.45) is 0 Å². The third-order valence-corrected chi connectivity index (χ3v) is 3.85. The van der Waals surface area contributed by atoms with Crippen LogP contribution >= 0.6 is 11.6 Å². The average molecular weight is 373 g/mol. The fraction of sp³-hybridized carbons (Fsp3) is 0.125. The van der Waals surface area contributed by atoms with Gasteiger partial charge in [0.1, 0.15) is 5.82 Å². The van der Waals surface area contributed by atoms with Gasteiger partial charge >= 0.3 is 12.1 Å². The molecule has 1 heterocycles. The Kier molecular flexibility index (Phi) is 4.16. The van der Waals surface area contributed by atoms with Crippen LogP contribution in [0.15, 0.2) is 36.4 Å². The van der Waals surface area contributed by atoms with E-state index in [2.05, 4.69) is 5.10 Å². The van der Waals surface area contributed by atoms with Crippen LogP contribution in [-0.2, 0) is 12.7 Å². The Morgan fingerprint density at radius 2 is 1.92 bits per heavy atom. The molecule has 0 saturated carbocycles. The molecule has 0 saturated heterocycles. The number of rotatable bonds is 3. The number of aromatic carboxylic acids is 1. The number of fused-ring (bicyclic) bond motifs is 1. The van der Waals surface area contributed by atoms with E-state index < -0.39 is 29.2 Å². The topological polar surface area (TPSA) is 55.1 Å². The molecule has 0 aliphatic rings. The number of hydrogen-bond acceptors (Lipinski definition) is 2. The van der Waals surface area contributed by atoms with Crippen LogP contribution in [0.5, 0.6) is 0 Å². The van der Waals surface area contributed by atoms with Crippen molar-refractivity contribution in [3.05, 3.63) is 64.1 Å². The first-order chi connectivity index (χ1) is 11.7. The lowest BCUT2D eigenvalue weighted by atomic mass is 10.1. The molecule has 0 radical (unpaired) electrons. The van der Waals surface area contributed by atoms with Gasteiger partial charge in [-0.05, 0) is 30.3 Å². The molecule has 25 heavy (non-hydrogen) atoms. The van der Waals surface area contributed by atoms with Crippen LogP contribution in [0.2, 0.25) is 5.02 Å². The zero-order valence-corrected chi connectivity index (χ0v) is 13.1. The van der Waals surface area contributed by atoms with Gasteiger partial charge in [0.05, 0.1) is 17.6 Å². The fourth-order valence-corrected chi connectivity index (χ4v) is 2.60. The van der Waals surface area contributed by atoms with Crippen molar-refractivity contribution in [2.75, 3.05) is 0 Å². The maximum atomic E-state index is 13.9. The minimum Gasteiger partial charge on any atom is -0.476 e. The maximum absolute atomic E-state index is 13.9. The molecule has 1 aromatic heterocycles. The molecule has 130 valence electrons. The summed E-state index contributed by atoms with van der Waals surface area (Å²) in [5, 5.41) is 13.0. The quantitative estimate of drug-likeness (QED) is 0.684. The van der Waals surface area contributed by atoms with Crippen LogP contribution in [0.25, 0.3) is 10.9 Å². The van der Waals surface area contributed by atoms with Gasteiger partial charge < -0.3 is 5.11 Å². The van der Waals surface area contributed by atoms with Crippen molar-refractivity contribution >= 4 is 28.5 Å². The van der Waals surface area contributed by atoms with E-state index in [-0.39, 0.29) is 28.0 Å². The van der Waals surface area contributed by atoms with E-state index in [1.165, 1.54) is 12.1 Å². The lowest BCUT2D eigenvalue weighted by Gasteiger charge is -2.08. The van der Waals surface area contributed by atoms with Crippen molar-refractivity contribution in [2.45, 2.75) is 12.7 Å². The van der Waals surface area contributed by atoms with E-state index in [0.717, 1.165) is 28.9 Å². The normalized spacial score (nSPS) is 11.9. The number of halogens is 5. The number of aromatic nitrogens is 2. The van der Waals surface area contributed by atoms with E-state index in [0.29, 0.717) is 0 Å². The molecule has 0 atom stereocenters. The van der Waals surface area contributed by atoms with Gasteiger partial charge in [-0.1, -0.05) is 17.7 Å². The lowest BCUT2D eigenvalue weighted by Crippen LogP contribution is -2.06. The second-order valence-corrected chi connectivity index (χ2v) is 5.71. The van der Waals surface area contributed by atoms with Gasteiger partial charge in [0, 0.05) is 16.0 Å². The molecule has 3 rings (SSSR count). The smallest absolute Gasteiger partial charge is 0.416 e. The maximum Gasteiger partial charge on any atom is 0.416 e. The summed E-state index contributed by atoms with van der Waals surface area (Å²) in [6.07, 6.45) is -4.62. The first-order valence-electron chi connectivity index (χ1n) is 6.92. The SMILES string of the molecule is O=C(O)c1nn(Cc2ccc(Cl)cc2F)c2ccc(C(F)(F)F)cc12. The van der Waals surface area contributed by atoms with Crippen LogP contribution in [0.1, 0.15) is 21.6 Å². The largest absolute Gasteiger partial charge is 0.476 e. The van der Waals surface area contributed by atoms with Crippen molar-refractivity contribution < 1.29 is 27.5 Å². The molecule has 0 fully saturated rings. The first kappa shape index (κ1) is 17.2. The van der Waals surface area contributed by atoms with Gasteiger partial charge in [0.15, 0.2) is 5.69 Å². The minimum atomic E-state index is -4.62. The molecule has 0 unspecified atom stereocenters. The Labute approximate surface area is 143 Å². The summed E-state index contributed by atoms with van der Waals surface area (Å²) in [6, 6.07) is 6.60. The first-order valence-corrected chi connectivity index (χ1v) is 7.29. The summed E-state index contributed by atoms with van der Waals surface area (Å²) in [5.41, 5.74) is -1.19. The number of carbonyl (C=O) groups is 1. The summed E-state index contributed by atoms with van der Waals surface area (Å²) in [7, 11) is 0. The number of alkyl halides is 3. The number of carboxylic acids is 1. The van der Waals surface area contributed by atoms with E-state index >= 15 is 0 Å². The second kappa shape index (κ2) is 6.03. The molecule has 0 aliphatic carbocycles. The predicted molar refractivity (Wildman–Crippen MR) is 82.2 cm³/mol. The van der Waals surface area contributed by atoms with Crippen molar-refractivity contribution in [1.29, 1.82) is 0 Å². The van der Waals surface area contributed by atoms with Crippen LogP contribution in [0.3, 0.4) is 0 Å². The van der Waals surface area contributed by atoms with Crippen molar-refractivity contribution in [3.63, 3.8) is 0 Å². The fourth-order valence-electron chi connectivity index (χ4n) is 2.45. The molecule has 4 nitrogen and oxygen atoms in total. The lowest BCUT2D eigenvalue weighted by molar-refractivity contribution is -0.137. The molecule has 2 aromatic carbocycles. The number of hydrogen-bond donors (Lipinski definition) is 1. The Hall–Kier alpha value is -2.61. The predicted octanol–water partition coefficient (Wildman–Crippen LogP) is 4.59. The standard InChI is InChI=1S/C16H9ClF4N2O2/c17-10-3-1-8(12(18)6-10)7-23-13-4-2-9(16(19,20)21)5-11(13)14(22-23)15(24)25/h1-6H,7H2,(H,24,25). The highest BCUT2D eigenvalue weighted by Crippen LogP contribution is 2.32. The van der Waals surface area contributed by atoms with E-state index in [4.69, 9.17) is 11.6 Å².